The summed E-state index contributed by atoms with van der Waals surface area (Å²) in [5.41, 5.74) is 0. The minimum Gasteiger partial charge on any atom is -0.198 e. The molecule has 0 aliphatic rings. The van der Waals surface area contributed by atoms with Gasteiger partial charge in [0.05, 0.1) is 22.9 Å². The van der Waals surface area contributed by atoms with E-state index in [-0.39, 0.29) is 6.42 Å². The van der Waals surface area contributed by atoms with Crippen molar-refractivity contribution in [1.82, 2.24) is 0 Å². The third-order valence-corrected chi connectivity index (χ3v) is 2.99. The highest BCUT2D eigenvalue weighted by Gasteiger charge is 2.28. The van der Waals surface area contributed by atoms with Crippen molar-refractivity contribution in [3.8, 4) is 12.1 Å². The molecule has 5 heteroatoms. The van der Waals surface area contributed by atoms with Crippen LogP contribution in [0, 0.1) is 22.7 Å². The number of hydrogen-bond acceptors (Lipinski definition) is 2. The molecule has 0 saturated carbocycles. The van der Waals surface area contributed by atoms with Crippen LogP contribution in [0.25, 0.3) is 0 Å². The van der Waals surface area contributed by atoms with Crippen LogP contribution in [-0.2, 0) is 0 Å². The lowest BCUT2D eigenvalue weighted by atomic mass is 10.2. The van der Waals surface area contributed by atoms with Crippen molar-refractivity contribution < 1.29 is 7.77 Å². The standard InChI is InChI=1S/C8H12F2N2S/c1-13(9,10)8(7-12)5-3-2-4-6-11/h8H,2-5H2,1H3. The minimum atomic E-state index is -3.75. The predicted octanol–water partition coefficient (Wildman–Crippen LogP) is 3.17. The van der Waals surface area contributed by atoms with Crippen LogP contribution < -0.4 is 0 Å². The molecule has 0 N–H and O–H groups in total. The van der Waals surface area contributed by atoms with Gasteiger partial charge in [-0.2, -0.15) is 18.3 Å². The van der Waals surface area contributed by atoms with E-state index in [1.165, 1.54) is 0 Å². The van der Waals surface area contributed by atoms with E-state index in [9.17, 15) is 7.77 Å². The molecule has 1 unspecified atom stereocenters. The molecule has 0 rings (SSSR count). The summed E-state index contributed by atoms with van der Waals surface area (Å²) in [7, 11) is -3.75. The van der Waals surface area contributed by atoms with Crippen molar-refractivity contribution in [3.05, 3.63) is 0 Å². The van der Waals surface area contributed by atoms with Gasteiger partial charge in [-0.1, -0.05) is 6.42 Å². The number of nitriles is 2. The van der Waals surface area contributed by atoms with E-state index in [2.05, 4.69) is 0 Å². The Morgan fingerprint density at radius 2 is 1.92 bits per heavy atom. The van der Waals surface area contributed by atoms with Gasteiger partial charge in [0.25, 0.3) is 0 Å². The molecule has 0 spiro atoms. The van der Waals surface area contributed by atoms with Gasteiger partial charge in [0, 0.05) is 12.7 Å². The maximum absolute atomic E-state index is 12.7. The smallest absolute Gasteiger partial charge is 0.129 e. The second-order valence-electron chi connectivity index (χ2n) is 2.80. The third kappa shape index (κ3) is 5.43. The molecule has 0 radical (unpaired) electrons. The quantitative estimate of drug-likeness (QED) is 0.648. The van der Waals surface area contributed by atoms with Gasteiger partial charge < -0.3 is 0 Å². The SMILES string of the molecule is CS(F)(F)C(C#N)CCCCC#N. The van der Waals surface area contributed by atoms with Crippen LogP contribution in [0.5, 0.6) is 0 Å². The van der Waals surface area contributed by atoms with Gasteiger partial charge in [0.15, 0.2) is 0 Å². The van der Waals surface area contributed by atoms with Gasteiger partial charge in [-0.15, -0.1) is 0 Å². The first kappa shape index (κ1) is 12.2. The normalized spacial score (nSPS) is 14.2. The minimum absolute atomic E-state index is 0.205. The number of hydrogen-bond donors (Lipinski definition) is 0. The van der Waals surface area contributed by atoms with Crippen LogP contribution >= 0.6 is 10.8 Å². The Hall–Kier alpha value is -0.810. The molecule has 0 aromatic rings. The molecule has 0 aliphatic heterocycles. The monoisotopic (exact) mass is 206 g/mol. The predicted molar refractivity (Wildman–Crippen MR) is 49.2 cm³/mol. The van der Waals surface area contributed by atoms with Crippen LogP contribution in [0.4, 0.5) is 7.77 Å². The number of unbranched alkanes of at least 4 members (excludes halogenated alkanes) is 2. The Kier molecular flexibility index (Phi) is 5.41. The fourth-order valence-corrected chi connectivity index (χ4v) is 1.66. The molecule has 0 bridgehead atoms. The van der Waals surface area contributed by atoms with Gasteiger partial charge in [0.2, 0.25) is 0 Å². The molecular formula is C8H12F2N2S. The average molecular weight is 206 g/mol. The van der Waals surface area contributed by atoms with E-state index in [4.69, 9.17) is 10.5 Å². The van der Waals surface area contributed by atoms with E-state index in [1.54, 1.807) is 6.07 Å². The van der Waals surface area contributed by atoms with Crippen LogP contribution in [0.1, 0.15) is 25.7 Å². The van der Waals surface area contributed by atoms with Gasteiger partial charge >= 0.3 is 0 Å². The molecule has 0 aromatic carbocycles. The highest BCUT2D eigenvalue weighted by atomic mass is 32.3. The van der Waals surface area contributed by atoms with Crippen molar-refractivity contribution in [1.29, 1.82) is 10.5 Å². The van der Waals surface area contributed by atoms with Gasteiger partial charge in [-0.3, -0.25) is 0 Å². The summed E-state index contributed by atoms with van der Waals surface area (Å²) in [5.74, 6) is 0. The van der Waals surface area contributed by atoms with Crippen molar-refractivity contribution in [2.45, 2.75) is 30.9 Å². The van der Waals surface area contributed by atoms with E-state index in [1.807, 2.05) is 6.07 Å². The molecule has 0 aromatic heterocycles. The molecule has 74 valence electrons. The Balaban J connectivity index is 3.77. The molecule has 1 atom stereocenters. The summed E-state index contributed by atoms with van der Waals surface area (Å²) in [6.07, 6.45) is 2.55. The average Bonchev–Trinajstić information content (AvgIpc) is 2.02. The first-order chi connectivity index (χ1) is 6.02. The molecule has 0 aliphatic carbocycles. The van der Waals surface area contributed by atoms with E-state index in [0.717, 1.165) is 6.26 Å². The molecular weight excluding hydrogens is 194 g/mol. The van der Waals surface area contributed by atoms with E-state index in [0.29, 0.717) is 19.3 Å². The van der Waals surface area contributed by atoms with Crippen molar-refractivity contribution in [2.75, 3.05) is 6.26 Å². The Morgan fingerprint density at radius 1 is 1.31 bits per heavy atom. The van der Waals surface area contributed by atoms with Crippen LogP contribution in [0.2, 0.25) is 0 Å². The second-order valence-corrected chi connectivity index (χ2v) is 4.93. The zero-order valence-corrected chi connectivity index (χ0v) is 8.28. The number of nitrogens with zero attached hydrogens (tertiary/aromatic N) is 2. The summed E-state index contributed by atoms with van der Waals surface area (Å²) < 4.78 is 25.4. The zero-order chi connectivity index (χ0) is 10.3. The summed E-state index contributed by atoms with van der Waals surface area (Å²) in [4.78, 5) is 0. The Bertz CT molecular complexity index is 224. The Labute approximate surface area is 79.1 Å². The summed E-state index contributed by atoms with van der Waals surface area (Å²) in [6, 6.07) is 3.56. The summed E-state index contributed by atoms with van der Waals surface area (Å²) in [6.45, 7) is 0. The van der Waals surface area contributed by atoms with Gasteiger partial charge in [-0.05, 0) is 12.8 Å². The van der Waals surface area contributed by atoms with Crippen molar-refractivity contribution in [3.63, 3.8) is 0 Å². The van der Waals surface area contributed by atoms with Gasteiger partial charge in [-0.25, -0.2) is 0 Å². The largest absolute Gasteiger partial charge is 0.198 e. The molecule has 0 amide bonds. The number of rotatable bonds is 5. The first-order valence-electron chi connectivity index (χ1n) is 3.95. The van der Waals surface area contributed by atoms with Crippen LogP contribution in [0.3, 0.4) is 0 Å². The summed E-state index contributed by atoms with van der Waals surface area (Å²) in [5, 5.41) is 15.5. The molecule has 2 nitrogen and oxygen atoms in total. The highest BCUT2D eigenvalue weighted by Crippen LogP contribution is 2.53. The van der Waals surface area contributed by atoms with E-state index >= 15 is 0 Å². The molecule has 0 heterocycles. The van der Waals surface area contributed by atoms with Crippen molar-refractivity contribution >= 4 is 10.8 Å². The molecule has 0 saturated heterocycles. The van der Waals surface area contributed by atoms with Crippen molar-refractivity contribution in [2.24, 2.45) is 0 Å². The Morgan fingerprint density at radius 3 is 2.31 bits per heavy atom. The molecule has 0 fully saturated rings. The lowest BCUT2D eigenvalue weighted by molar-refractivity contribution is 0.665. The first-order valence-corrected chi connectivity index (χ1v) is 5.86. The van der Waals surface area contributed by atoms with Gasteiger partial charge in [0.1, 0.15) is 5.25 Å². The lowest BCUT2D eigenvalue weighted by Gasteiger charge is -2.20. The molecule has 13 heavy (non-hydrogen) atoms. The highest BCUT2D eigenvalue weighted by molar-refractivity contribution is 8.25. The maximum Gasteiger partial charge on any atom is 0.129 e. The van der Waals surface area contributed by atoms with E-state index < -0.39 is 16.0 Å². The van der Waals surface area contributed by atoms with Crippen LogP contribution in [-0.4, -0.2) is 11.5 Å². The second kappa shape index (κ2) is 5.77. The third-order valence-electron chi connectivity index (χ3n) is 1.65. The maximum atomic E-state index is 12.7. The number of halogens is 2. The zero-order valence-electron chi connectivity index (χ0n) is 7.46. The summed E-state index contributed by atoms with van der Waals surface area (Å²) >= 11 is 0. The topological polar surface area (TPSA) is 47.6 Å². The fourth-order valence-electron chi connectivity index (χ4n) is 0.898. The van der Waals surface area contributed by atoms with Crippen LogP contribution in [0.15, 0.2) is 0 Å². The fraction of sp³-hybridized carbons (Fsp3) is 0.750. The lowest BCUT2D eigenvalue weighted by Crippen LogP contribution is -2.07.